The zero-order chi connectivity index (χ0) is 12.1. The lowest BCUT2D eigenvalue weighted by Gasteiger charge is -2.07. The molecule has 1 heterocycles. The van der Waals surface area contributed by atoms with E-state index in [-0.39, 0.29) is 0 Å². The summed E-state index contributed by atoms with van der Waals surface area (Å²) in [7, 11) is 1.70. The van der Waals surface area contributed by atoms with Crippen LogP contribution in [0.2, 0.25) is 0 Å². The Hall–Kier alpha value is -1.26. The van der Waals surface area contributed by atoms with Crippen molar-refractivity contribution in [3.8, 4) is 11.5 Å². The smallest absolute Gasteiger partial charge is 0.129 e. The second kappa shape index (κ2) is 5.89. The molecule has 94 valence electrons. The third-order valence-corrected chi connectivity index (χ3v) is 2.75. The molecule has 1 N–H and O–H groups in total. The Kier molecular flexibility index (Phi) is 4.23. The molecule has 0 saturated heterocycles. The summed E-state index contributed by atoms with van der Waals surface area (Å²) in [5.41, 5.74) is 0.844. The number of aliphatic hydroxyl groups excluding tert-OH is 1. The van der Waals surface area contributed by atoms with E-state index in [2.05, 4.69) is 0 Å². The molecular weight excluding hydrogens is 220 g/mol. The van der Waals surface area contributed by atoms with Crippen LogP contribution in [0.4, 0.5) is 0 Å². The highest BCUT2D eigenvalue weighted by Gasteiger charge is 2.21. The minimum absolute atomic E-state index is 0.340. The van der Waals surface area contributed by atoms with Crippen LogP contribution in [0.15, 0.2) is 18.2 Å². The summed E-state index contributed by atoms with van der Waals surface area (Å²) in [6.45, 7) is 1.78. The SMILES string of the molecule is COCCCCOc1ccc2c(c1)OCC2O. The Morgan fingerprint density at radius 3 is 3.00 bits per heavy atom. The minimum atomic E-state index is -0.499. The summed E-state index contributed by atoms with van der Waals surface area (Å²) < 4.78 is 15.9. The summed E-state index contributed by atoms with van der Waals surface area (Å²) in [6, 6.07) is 5.56. The first kappa shape index (κ1) is 12.2. The molecule has 2 rings (SSSR count). The summed E-state index contributed by atoms with van der Waals surface area (Å²) in [6.07, 6.45) is 1.46. The van der Waals surface area contributed by atoms with E-state index in [1.54, 1.807) is 7.11 Å². The van der Waals surface area contributed by atoms with Crippen molar-refractivity contribution in [3.63, 3.8) is 0 Å². The fourth-order valence-electron chi connectivity index (χ4n) is 1.80. The molecule has 17 heavy (non-hydrogen) atoms. The number of rotatable bonds is 6. The predicted molar refractivity (Wildman–Crippen MR) is 63.5 cm³/mol. The average molecular weight is 238 g/mol. The van der Waals surface area contributed by atoms with Crippen LogP contribution >= 0.6 is 0 Å². The number of fused-ring (bicyclic) bond motifs is 1. The van der Waals surface area contributed by atoms with Crippen LogP contribution in [0, 0.1) is 0 Å². The molecular formula is C13H18O4. The maximum absolute atomic E-state index is 9.57. The molecule has 1 aliphatic rings. The first-order chi connectivity index (χ1) is 8.31. The monoisotopic (exact) mass is 238 g/mol. The molecule has 1 aliphatic heterocycles. The van der Waals surface area contributed by atoms with Gasteiger partial charge in [-0.1, -0.05) is 0 Å². The maximum atomic E-state index is 9.57. The van der Waals surface area contributed by atoms with Crippen LogP contribution in [0.3, 0.4) is 0 Å². The maximum Gasteiger partial charge on any atom is 0.129 e. The fraction of sp³-hybridized carbons (Fsp3) is 0.538. The van der Waals surface area contributed by atoms with E-state index in [0.29, 0.717) is 13.2 Å². The van der Waals surface area contributed by atoms with E-state index in [9.17, 15) is 5.11 Å². The van der Waals surface area contributed by atoms with E-state index < -0.39 is 6.10 Å². The van der Waals surface area contributed by atoms with E-state index in [4.69, 9.17) is 14.2 Å². The lowest BCUT2D eigenvalue weighted by atomic mass is 10.1. The lowest BCUT2D eigenvalue weighted by molar-refractivity contribution is 0.140. The number of ether oxygens (including phenoxy) is 3. The second-order valence-corrected chi connectivity index (χ2v) is 4.07. The third-order valence-electron chi connectivity index (χ3n) is 2.75. The molecule has 1 unspecified atom stereocenters. The van der Waals surface area contributed by atoms with Crippen LogP contribution in [-0.2, 0) is 4.74 Å². The minimum Gasteiger partial charge on any atom is -0.493 e. The van der Waals surface area contributed by atoms with Crippen LogP contribution in [0.25, 0.3) is 0 Å². The van der Waals surface area contributed by atoms with Gasteiger partial charge in [0.25, 0.3) is 0 Å². The zero-order valence-corrected chi connectivity index (χ0v) is 10.0. The van der Waals surface area contributed by atoms with Crippen molar-refractivity contribution in [2.24, 2.45) is 0 Å². The van der Waals surface area contributed by atoms with Crippen molar-refractivity contribution in [1.82, 2.24) is 0 Å². The average Bonchev–Trinajstić information content (AvgIpc) is 2.71. The topological polar surface area (TPSA) is 47.9 Å². The summed E-state index contributed by atoms with van der Waals surface area (Å²) in [5, 5.41) is 9.57. The molecule has 0 fully saturated rings. The first-order valence-electron chi connectivity index (χ1n) is 5.88. The number of benzene rings is 1. The largest absolute Gasteiger partial charge is 0.493 e. The van der Waals surface area contributed by atoms with Gasteiger partial charge in [-0.3, -0.25) is 0 Å². The second-order valence-electron chi connectivity index (χ2n) is 4.07. The van der Waals surface area contributed by atoms with Crippen molar-refractivity contribution >= 4 is 0 Å². The zero-order valence-electron chi connectivity index (χ0n) is 10.0. The first-order valence-corrected chi connectivity index (χ1v) is 5.88. The molecule has 1 aromatic carbocycles. The molecule has 0 saturated carbocycles. The number of aliphatic hydroxyl groups is 1. The van der Waals surface area contributed by atoms with Crippen molar-refractivity contribution in [1.29, 1.82) is 0 Å². The summed E-state index contributed by atoms with van der Waals surface area (Å²) in [5.74, 6) is 1.52. The molecule has 1 aromatic rings. The summed E-state index contributed by atoms with van der Waals surface area (Å²) >= 11 is 0. The normalized spacial score (nSPS) is 17.6. The van der Waals surface area contributed by atoms with E-state index in [1.165, 1.54) is 0 Å². The molecule has 0 aliphatic carbocycles. The van der Waals surface area contributed by atoms with Gasteiger partial charge in [0, 0.05) is 25.3 Å². The van der Waals surface area contributed by atoms with Crippen molar-refractivity contribution in [2.75, 3.05) is 26.9 Å². The molecule has 0 amide bonds. The van der Waals surface area contributed by atoms with Gasteiger partial charge in [-0.2, -0.15) is 0 Å². The van der Waals surface area contributed by atoms with Gasteiger partial charge in [0.1, 0.15) is 24.2 Å². The lowest BCUT2D eigenvalue weighted by Crippen LogP contribution is -1.99. The van der Waals surface area contributed by atoms with Gasteiger partial charge in [-0.15, -0.1) is 0 Å². The van der Waals surface area contributed by atoms with E-state index in [1.807, 2.05) is 18.2 Å². The van der Waals surface area contributed by atoms with Crippen LogP contribution in [-0.4, -0.2) is 32.0 Å². The third kappa shape index (κ3) is 3.11. The molecule has 4 nitrogen and oxygen atoms in total. The Bertz CT molecular complexity index is 364. The number of unbranched alkanes of at least 4 members (excludes halogenated alkanes) is 1. The Balaban J connectivity index is 1.82. The van der Waals surface area contributed by atoms with E-state index >= 15 is 0 Å². The quantitative estimate of drug-likeness (QED) is 0.769. The highest BCUT2D eigenvalue weighted by molar-refractivity contribution is 5.44. The highest BCUT2D eigenvalue weighted by atomic mass is 16.5. The number of methoxy groups -OCH3 is 1. The van der Waals surface area contributed by atoms with Gasteiger partial charge in [-0.25, -0.2) is 0 Å². The summed E-state index contributed by atoms with van der Waals surface area (Å²) in [4.78, 5) is 0. The fourth-order valence-corrected chi connectivity index (χ4v) is 1.80. The van der Waals surface area contributed by atoms with Crippen LogP contribution < -0.4 is 9.47 Å². The van der Waals surface area contributed by atoms with E-state index in [0.717, 1.165) is 36.5 Å². The Labute approximate surface area is 101 Å². The molecule has 0 aromatic heterocycles. The molecule has 4 heteroatoms. The van der Waals surface area contributed by atoms with Crippen molar-refractivity contribution in [2.45, 2.75) is 18.9 Å². The van der Waals surface area contributed by atoms with Crippen LogP contribution in [0.1, 0.15) is 24.5 Å². The molecule has 1 atom stereocenters. The molecule has 0 spiro atoms. The standard InChI is InChI=1S/C13H18O4/c1-15-6-2-3-7-16-10-4-5-11-12(14)9-17-13(11)8-10/h4-5,8,12,14H,2-3,6-7,9H2,1H3. The van der Waals surface area contributed by atoms with Gasteiger partial charge in [0.2, 0.25) is 0 Å². The van der Waals surface area contributed by atoms with Gasteiger partial charge in [0.15, 0.2) is 0 Å². The molecule has 0 bridgehead atoms. The van der Waals surface area contributed by atoms with Gasteiger partial charge in [0.05, 0.1) is 6.61 Å². The van der Waals surface area contributed by atoms with Crippen molar-refractivity contribution < 1.29 is 19.3 Å². The van der Waals surface area contributed by atoms with Crippen LogP contribution in [0.5, 0.6) is 11.5 Å². The van der Waals surface area contributed by atoms with Gasteiger partial charge < -0.3 is 19.3 Å². The van der Waals surface area contributed by atoms with Crippen molar-refractivity contribution in [3.05, 3.63) is 23.8 Å². The number of hydrogen-bond acceptors (Lipinski definition) is 4. The molecule has 0 radical (unpaired) electrons. The predicted octanol–water partition coefficient (Wildman–Crippen LogP) is 1.92. The highest BCUT2D eigenvalue weighted by Crippen LogP contribution is 2.34. The number of hydrogen-bond donors (Lipinski definition) is 1. The Morgan fingerprint density at radius 1 is 1.35 bits per heavy atom. The van der Waals surface area contributed by atoms with Gasteiger partial charge >= 0.3 is 0 Å². The van der Waals surface area contributed by atoms with Gasteiger partial charge in [-0.05, 0) is 25.0 Å². The Morgan fingerprint density at radius 2 is 2.18 bits per heavy atom.